The maximum absolute atomic E-state index is 13.7. The lowest BCUT2D eigenvalue weighted by molar-refractivity contribution is -0.118. The first-order valence-electron chi connectivity index (χ1n) is 10.2. The van der Waals surface area contributed by atoms with Crippen LogP contribution in [0.3, 0.4) is 0 Å². The summed E-state index contributed by atoms with van der Waals surface area (Å²) in [5.41, 5.74) is 5.95. The molecule has 1 aliphatic rings. The van der Waals surface area contributed by atoms with Crippen LogP contribution in [0.15, 0.2) is 66.7 Å². The van der Waals surface area contributed by atoms with Crippen LogP contribution in [-0.2, 0) is 17.6 Å². The van der Waals surface area contributed by atoms with Crippen LogP contribution >= 0.6 is 0 Å². The summed E-state index contributed by atoms with van der Waals surface area (Å²) in [7, 11) is 0. The van der Waals surface area contributed by atoms with Crippen molar-refractivity contribution in [3.63, 3.8) is 0 Å². The number of rotatable bonds is 6. The fourth-order valence-electron chi connectivity index (χ4n) is 4.19. The molecule has 148 valence electrons. The third-order valence-electron chi connectivity index (χ3n) is 5.56. The Morgan fingerprint density at radius 1 is 1.03 bits per heavy atom. The summed E-state index contributed by atoms with van der Waals surface area (Å²) in [5.74, 6) is 0.971. The molecule has 0 fully saturated rings. The van der Waals surface area contributed by atoms with E-state index in [4.69, 9.17) is 4.74 Å². The van der Waals surface area contributed by atoms with Crippen LogP contribution in [0.2, 0.25) is 0 Å². The smallest absolute Gasteiger partial charge is 0.167 e. The Morgan fingerprint density at radius 2 is 1.86 bits per heavy atom. The molecule has 0 heterocycles. The molecule has 0 aromatic heterocycles. The SMILES string of the molecule is CC(=O)COc1cccc(CC2CCCc3ccc(-c4cccc(F)c4)cc32)c1. The van der Waals surface area contributed by atoms with Crippen molar-refractivity contribution < 1.29 is 13.9 Å². The quantitative estimate of drug-likeness (QED) is 0.508. The van der Waals surface area contributed by atoms with E-state index in [0.717, 1.165) is 36.1 Å². The van der Waals surface area contributed by atoms with Crippen LogP contribution in [0.25, 0.3) is 11.1 Å². The van der Waals surface area contributed by atoms with Gasteiger partial charge in [0.2, 0.25) is 0 Å². The Kier molecular flexibility index (Phi) is 5.75. The minimum Gasteiger partial charge on any atom is -0.486 e. The van der Waals surface area contributed by atoms with Crippen molar-refractivity contribution in [2.75, 3.05) is 6.61 Å². The van der Waals surface area contributed by atoms with Gasteiger partial charge in [0.25, 0.3) is 0 Å². The number of aryl methyl sites for hydroxylation is 1. The Labute approximate surface area is 171 Å². The molecule has 3 aromatic rings. The van der Waals surface area contributed by atoms with Gasteiger partial charge in [-0.05, 0) is 90.6 Å². The van der Waals surface area contributed by atoms with Crippen molar-refractivity contribution >= 4 is 5.78 Å². The average molecular weight is 388 g/mol. The van der Waals surface area contributed by atoms with Crippen molar-refractivity contribution in [2.24, 2.45) is 0 Å². The zero-order valence-electron chi connectivity index (χ0n) is 16.7. The summed E-state index contributed by atoms with van der Waals surface area (Å²) >= 11 is 0. The summed E-state index contributed by atoms with van der Waals surface area (Å²) in [6.07, 6.45) is 4.34. The van der Waals surface area contributed by atoms with Crippen molar-refractivity contribution in [2.45, 2.75) is 38.5 Å². The Hall–Kier alpha value is -2.94. The highest BCUT2D eigenvalue weighted by Gasteiger charge is 2.21. The number of ketones is 1. The molecule has 1 atom stereocenters. The summed E-state index contributed by atoms with van der Waals surface area (Å²) in [6, 6.07) is 21.4. The van der Waals surface area contributed by atoms with Gasteiger partial charge in [-0.25, -0.2) is 4.39 Å². The van der Waals surface area contributed by atoms with E-state index in [0.29, 0.717) is 5.92 Å². The molecular weight excluding hydrogens is 363 g/mol. The highest BCUT2D eigenvalue weighted by atomic mass is 19.1. The van der Waals surface area contributed by atoms with Crippen molar-refractivity contribution in [1.29, 1.82) is 0 Å². The summed E-state index contributed by atoms with van der Waals surface area (Å²) in [4.78, 5) is 11.2. The predicted octanol–water partition coefficient (Wildman–Crippen LogP) is 6.12. The Bertz CT molecular complexity index is 1020. The number of carbonyl (C=O) groups excluding carboxylic acids is 1. The van der Waals surface area contributed by atoms with E-state index in [1.165, 1.54) is 36.1 Å². The minimum absolute atomic E-state index is 0.0153. The van der Waals surface area contributed by atoms with Crippen molar-refractivity contribution in [3.05, 3.63) is 89.2 Å². The zero-order valence-corrected chi connectivity index (χ0v) is 16.7. The number of ether oxygens (including phenoxy) is 1. The van der Waals surface area contributed by atoms with Gasteiger partial charge in [0, 0.05) is 0 Å². The van der Waals surface area contributed by atoms with E-state index in [1.807, 2.05) is 24.3 Å². The molecule has 0 N–H and O–H groups in total. The number of hydrogen-bond donors (Lipinski definition) is 0. The molecule has 0 aliphatic heterocycles. The first kappa shape index (κ1) is 19.4. The highest BCUT2D eigenvalue weighted by molar-refractivity contribution is 5.77. The molecule has 29 heavy (non-hydrogen) atoms. The Balaban J connectivity index is 1.59. The number of halogens is 1. The molecule has 1 unspecified atom stereocenters. The molecule has 2 nitrogen and oxygen atoms in total. The predicted molar refractivity (Wildman–Crippen MR) is 114 cm³/mol. The van der Waals surface area contributed by atoms with Crippen LogP contribution in [0.4, 0.5) is 4.39 Å². The molecule has 0 saturated heterocycles. The van der Waals surface area contributed by atoms with Gasteiger partial charge < -0.3 is 4.74 Å². The fourth-order valence-corrected chi connectivity index (χ4v) is 4.19. The molecular formula is C26H25FO2. The standard InChI is InChI=1S/C26H25FO2/c1-18(28)17-29-25-10-2-5-19(14-25)13-23-8-3-6-20-11-12-22(16-26(20)23)21-7-4-9-24(27)15-21/h2,4-5,7,9-12,14-16,23H,3,6,8,13,17H2,1H3. The first-order valence-corrected chi connectivity index (χ1v) is 10.2. The van der Waals surface area contributed by atoms with Gasteiger partial charge in [-0.15, -0.1) is 0 Å². The van der Waals surface area contributed by atoms with Crippen LogP contribution in [0, 0.1) is 5.82 Å². The molecule has 4 rings (SSSR count). The van der Waals surface area contributed by atoms with Gasteiger partial charge in [0.05, 0.1) is 0 Å². The molecule has 1 aliphatic carbocycles. The maximum Gasteiger partial charge on any atom is 0.167 e. The number of benzene rings is 3. The summed E-state index contributed by atoms with van der Waals surface area (Å²) < 4.78 is 19.2. The van der Waals surface area contributed by atoms with Crippen molar-refractivity contribution in [1.82, 2.24) is 0 Å². The van der Waals surface area contributed by atoms with E-state index < -0.39 is 0 Å². The second-order valence-electron chi connectivity index (χ2n) is 7.86. The van der Waals surface area contributed by atoms with Gasteiger partial charge in [0.1, 0.15) is 18.2 Å². The highest BCUT2D eigenvalue weighted by Crippen LogP contribution is 2.37. The Morgan fingerprint density at radius 3 is 2.69 bits per heavy atom. The lowest BCUT2D eigenvalue weighted by Gasteiger charge is -2.26. The number of hydrogen-bond acceptors (Lipinski definition) is 2. The first-order chi connectivity index (χ1) is 14.1. The van der Waals surface area contributed by atoms with Crippen molar-refractivity contribution in [3.8, 4) is 16.9 Å². The van der Waals surface area contributed by atoms with Crippen LogP contribution < -0.4 is 4.74 Å². The molecule has 3 aromatic carbocycles. The van der Waals surface area contributed by atoms with Crippen LogP contribution in [0.5, 0.6) is 5.75 Å². The normalized spacial score (nSPS) is 15.6. The van der Waals surface area contributed by atoms with E-state index >= 15 is 0 Å². The largest absolute Gasteiger partial charge is 0.486 e. The minimum atomic E-state index is -0.209. The number of carbonyl (C=O) groups is 1. The van der Waals surface area contributed by atoms with Crippen LogP contribution in [-0.4, -0.2) is 12.4 Å². The molecule has 0 bridgehead atoms. The molecule has 3 heteroatoms. The van der Waals surface area contributed by atoms with Crippen LogP contribution in [0.1, 0.15) is 42.4 Å². The third kappa shape index (κ3) is 4.73. The van der Waals surface area contributed by atoms with Gasteiger partial charge in [0.15, 0.2) is 5.78 Å². The second kappa shape index (κ2) is 8.60. The lowest BCUT2D eigenvalue weighted by atomic mass is 9.78. The van der Waals surface area contributed by atoms with Gasteiger partial charge in [-0.2, -0.15) is 0 Å². The molecule has 0 spiro atoms. The monoisotopic (exact) mass is 388 g/mol. The lowest BCUT2D eigenvalue weighted by Crippen LogP contribution is -2.12. The maximum atomic E-state index is 13.7. The van der Waals surface area contributed by atoms with Gasteiger partial charge in [-0.1, -0.05) is 42.5 Å². The summed E-state index contributed by atoms with van der Waals surface area (Å²) in [5, 5.41) is 0. The third-order valence-corrected chi connectivity index (χ3v) is 5.56. The molecule has 0 amide bonds. The topological polar surface area (TPSA) is 26.3 Å². The number of fused-ring (bicyclic) bond motifs is 1. The fraction of sp³-hybridized carbons (Fsp3) is 0.269. The van der Waals surface area contributed by atoms with Gasteiger partial charge in [-0.3, -0.25) is 4.79 Å². The average Bonchev–Trinajstić information content (AvgIpc) is 2.72. The molecule has 0 saturated carbocycles. The van der Waals surface area contributed by atoms with E-state index in [-0.39, 0.29) is 18.2 Å². The van der Waals surface area contributed by atoms with E-state index in [1.54, 1.807) is 12.1 Å². The van der Waals surface area contributed by atoms with Gasteiger partial charge >= 0.3 is 0 Å². The second-order valence-corrected chi connectivity index (χ2v) is 7.86. The molecule has 0 radical (unpaired) electrons. The summed E-state index contributed by atoms with van der Waals surface area (Å²) in [6.45, 7) is 1.63. The number of Topliss-reactive ketones (excluding diaryl/α,β-unsaturated/α-hetero) is 1. The van der Waals surface area contributed by atoms with E-state index in [2.05, 4.69) is 24.3 Å². The zero-order chi connectivity index (χ0) is 20.2. The van der Waals surface area contributed by atoms with E-state index in [9.17, 15) is 9.18 Å².